The van der Waals surface area contributed by atoms with Gasteiger partial charge in [-0.25, -0.2) is 0 Å². The molecule has 1 aromatic rings. The van der Waals surface area contributed by atoms with E-state index < -0.39 is 10.5 Å². The van der Waals surface area contributed by atoms with Gasteiger partial charge in [0.2, 0.25) is 0 Å². The van der Waals surface area contributed by atoms with Crippen LogP contribution in [0.15, 0.2) is 12.1 Å². The van der Waals surface area contributed by atoms with E-state index >= 15 is 0 Å². The average Bonchev–Trinajstić information content (AvgIpc) is 2.91. The van der Waals surface area contributed by atoms with Crippen LogP contribution in [0.25, 0.3) is 0 Å². The summed E-state index contributed by atoms with van der Waals surface area (Å²) in [5.41, 5.74) is -0.894. The molecule has 1 unspecified atom stereocenters. The fourth-order valence-corrected chi connectivity index (χ4v) is 2.16. The molecule has 1 saturated heterocycles. The first-order valence-corrected chi connectivity index (χ1v) is 6.43. The van der Waals surface area contributed by atoms with E-state index in [2.05, 4.69) is 5.32 Å². The predicted octanol–water partition coefficient (Wildman–Crippen LogP) is 1.18. The fraction of sp³-hybridized carbons (Fsp3) is 0.538. The highest BCUT2D eigenvalue weighted by molar-refractivity contribution is 5.68. The Kier molecular flexibility index (Phi) is 4.49. The van der Waals surface area contributed by atoms with E-state index in [9.17, 15) is 15.2 Å². The summed E-state index contributed by atoms with van der Waals surface area (Å²) in [6.07, 6.45) is 0.487. The smallest absolute Gasteiger partial charge is 0.296 e. The van der Waals surface area contributed by atoms with E-state index in [1.54, 1.807) is 0 Å². The molecule has 8 nitrogen and oxygen atoms in total. The summed E-state index contributed by atoms with van der Waals surface area (Å²) in [4.78, 5) is 10.6. The lowest BCUT2D eigenvalue weighted by atomic mass is 10.0. The van der Waals surface area contributed by atoms with Gasteiger partial charge in [-0.2, -0.15) is 0 Å². The molecule has 0 saturated carbocycles. The van der Waals surface area contributed by atoms with Crippen LogP contribution in [0, 0.1) is 10.1 Å². The molecule has 0 spiro atoms. The van der Waals surface area contributed by atoms with Gasteiger partial charge in [0.25, 0.3) is 5.69 Å². The van der Waals surface area contributed by atoms with E-state index in [1.807, 2.05) is 0 Å². The number of hydrogen-bond donors (Lipinski definition) is 2. The van der Waals surface area contributed by atoms with Crippen molar-refractivity contribution in [3.63, 3.8) is 0 Å². The molecule has 1 aromatic carbocycles. The van der Waals surface area contributed by atoms with Gasteiger partial charge in [-0.3, -0.25) is 10.1 Å². The second kappa shape index (κ2) is 6.15. The molecule has 1 fully saturated rings. The Morgan fingerprint density at radius 3 is 2.62 bits per heavy atom. The molecule has 0 amide bonds. The van der Waals surface area contributed by atoms with Gasteiger partial charge in [0.15, 0.2) is 11.5 Å². The van der Waals surface area contributed by atoms with Crippen LogP contribution in [-0.4, -0.2) is 49.6 Å². The molecule has 21 heavy (non-hydrogen) atoms. The highest BCUT2D eigenvalue weighted by Crippen LogP contribution is 2.38. The van der Waals surface area contributed by atoms with Crippen molar-refractivity contribution < 1.29 is 24.2 Å². The lowest BCUT2D eigenvalue weighted by Crippen LogP contribution is -2.37. The van der Waals surface area contributed by atoms with Gasteiger partial charge >= 0.3 is 0 Å². The summed E-state index contributed by atoms with van der Waals surface area (Å²) in [7, 11) is 2.86. The Hall–Kier alpha value is -2.06. The zero-order valence-corrected chi connectivity index (χ0v) is 11.9. The van der Waals surface area contributed by atoms with Crippen LogP contribution in [0.4, 0.5) is 11.4 Å². The third kappa shape index (κ3) is 3.34. The zero-order chi connectivity index (χ0) is 15.5. The van der Waals surface area contributed by atoms with Crippen LogP contribution >= 0.6 is 0 Å². The highest BCUT2D eigenvalue weighted by Gasteiger charge is 2.33. The molecule has 1 aliphatic rings. The fourth-order valence-electron chi connectivity index (χ4n) is 2.16. The lowest BCUT2D eigenvalue weighted by molar-refractivity contribution is -0.384. The van der Waals surface area contributed by atoms with Crippen molar-refractivity contribution in [3.05, 3.63) is 22.2 Å². The number of ether oxygens (including phenoxy) is 3. The molecular weight excluding hydrogens is 280 g/mol. The van der Waals surface area contributed by atoms with E-state index in [1.165, 1.54) is 26.4 Å². The van der Waals surface area contributed by atoms with Crippen LogP contribution in [0.3, 0.4) is 0 Å². The number of aliphatic hydroxyl groups is 1. The zero-order valence-electron chi connectivity index (χ0n) is 11.9. The van der Waals surface area contributed by atoms with Crippen molar-refractivity contribution in [2.45, 2.75) is 12.0 Å². The van der Waals surface area contributed by atoms with E-state index in [4.69, 9.17) is 14.2 Å². The molecule has 0 aromatic heterocycles. The molecule has 2 N–H and O–H groups in total. The topological polar surface area (TPSA) is 103 Å². The van der Waals surface area contributed by atoms with Crippen molar-refractivity contribution in [2.75, 3.05) is 39.3 Å². The van der Waals surface area contributed by atoms with E-state index in [0.29, 0.717) is 18.8 Å². The minimum atomic E-state index is -1.01. The van der Waals surface area contributed by atoms with Gasteiger partial charge in [0.05, 0.1) is 31.8 Å². The number of anilines is 1. The molecular formula is C13H18N2O6. The minimum absolute atomic E-state index is 0.143. The molecule has 8 heteroatoms. The summed E-state index contributed by atoms with van der Waals surface area (Å²) >= 11 is 0. The van der Waals surface area contributed by atoms with Gasteiger partial charge in [-0.1, -0.05) is 0 Å². The third-order valence-corrected chi connectivity index (χ3v) is 3.39. The van der Waals surface area contributed by atoms with Gasteiger partial charge < -0.3 is 24.6 Å². The first-order chi connectivity index (χ1) is 9.99. The molecule has 2 rings (SSSR count). The number of hydrogen-bond acceptors (Lipinski definition) is 7. The SMILES string of the molecule is COc1cc(NCC2(O)CCOC2)c([N+](=O)[O-])cc1OC. The minimum Gasteiger partial charge on any atom is -0.493 e. The maximum atomic E-state index is 11.1. The molecule has 0 radical (unpaired) electrons. The maximum absolute atomic E-state index is 11.1. The molecule has 116 valence electrons. The number of methoxy groups -OCH3 is 2. The predicted molar refractivity (Wildman–Crippen MR) is 75.1 cm³/mol. The summed E-state index contributed by atoms with van der Waals surface area (Å²) < 4.78 is 15.3. The number of nitrogens with one attached hydrogen (secondary N) is 1. The van der Waals surface area contributed by atoms with Crippen LogP contribution < -0.4 is 14.8 Å². The summed E-state index contributed by atoms with van der Waals surface area (Å²) in [6.45, 7) is 0.844. The number of nitro groups is 1. The largest absolute Gasteiger partial charge is 0.493 e. The third-order valence-electron chi connectivity index (χ3n) is 3.39. The average molecular weight is 298 g/mol. The first-order valence-electron chi connectivity index (χ1n) is 6.43. The summed E-state index contributed by atoms with van der Waals surface area (Å²) in [5, 5.41) is 24.2. The molecule has 0 bridgehead atoms. The van der Waals surface area contributed by atoms with Crippen LogP contribution in [0.2, 0.25) is 0 Å². The highest BCUT2D eigenvalue weighted by atomic mass is 16.6. The monoisotopic (exact) mass is 298 g/mol. The molecule has 0 aliphatic carbocycles. The van der Waals surface area contributed by atoms with Crippen molar-refractivity contribution in [1.82, 2.24) is 0 Å². The molecule has 1 atom stereocenters. The second-order valence-electron chi connectivity index (χ2n) is 4.86. The van der Waals surface area contributed by atoms with Crippen molar-refractivity contribution in [2.24, 2.45) is 0 Å². The van der Waals surface area contributed by atoms with Gasteiger partial charge in [0.1, 0.15) is 11.3 Å². The Morgan fingerprint density at radius 1 is 1.43 bits per heavy atom. The Labute approximate surface area is 121 Å². The van der Waals surface area contributed by atoms with Crippen molar-refractivity contribution >= 4 is 11.4 Å². The van der Waals surface area contributed by atoms with Crippen molar-refractivity contribution in [1.29, 1.82) is 0 Å². The molecule has 1 heterocycles. The summed E-state index contributed by atoms with van der Waals surface area (Å²) in [5.74, 6) is 0.651. The standard InChI is InChI=1S/C13H18N2O6/c1-19-11-5-9(10(15(17)18)6-12(11)20-2)14-7-13(16)3-4-21-8-13/h5-6,14,16H,3-4,7-8H2,1-2H3. The Balaban J connectivity index is 2.25. The van der Waals surface area contributed by atoms with Gasteiger partial charge in [-0.05, 0) is 0 Å². The lowest BCUT2D eigenvalue weighted by Gasteiger charge is -2.21. The van der Waals surface area contributed by atoms with Crippen molar-refractivity contribution in [3.8, 4) is 11.5 Å². The van der Waals surface area contributed by atoms with Crippen LogP contribution in [-0.2, 0) is 4.74 Å². The van der Waals surface area contributed by atoms with Gasteiger partial charge in [-0.15, -0.1) is 0 Å². The Morgan fingerprint density at radius 2 is 2.10 bits per heavy atom. The maximum Gasteiger partial charge on any atom is 0.296 e. The van der Waals surface area contributed by atoms with Crippen LogP contribution in [0.1, 0.15) is 6.42 Å². The van der Waals surface area contributed by atoms with Gasteiger partial charge in [0, 0.05) is 25.6 Å². The first kappa shape index (κ1) is 15.3. The van der Waals surface area contributed by atoms with E-state index in [-0.39, 0.29) is 30.3 Å². The number of nitro benzene ring substituents is 1. The quantitative estimate of drug-likeness (QED) is 0.600. The normalized spacial score (nSPS) is 21.1. The van der Waals surface area contributed by atoms with Crippen LogP contribution in [0.5, 0.6) is 11.5 Å². The molecule has 1 aliphatic heterocycles. The van der Waals surface area contributed by atoms with E-state index in [0.717, 1.165) is 0 Å². The number of nitrogens with zero attached hydrogens (tertiary/aromatic N) is 1. The summed E-state index contributed by atoms with van der Waals surface area (Å²) in [6, 6.07) is 2.77. The number of benzene rings is 1. The second-order valence-corrected chi connectivity index (χ2v) is 4.86. The number of rotatable bonds is 6. The Bertz CT molecular complexity index is 528.